The van der Waals surface area contributed by atoms with Crippen molar-refractivity contribution in [3.63, 3.8) is 0 Å². The van der Waals surface area contributed by atoms with Crippen LogP contribution in [0, 0.1) is 12.3 Å². The number of ether oxygens (including phenoxy) is 2. The Hall–Kier alpha value is -4.12. The second-order valence-corrected chi connectivity index (χ2v) is 8.66. The fourth-order valence-electron chi connectivity index (χ4n) is 3.69. The van der Waals surface area contributed by atoms with E-state index in [1.807, 2.05) is 6.92 Å². The van der Waals surface area contributed by atoms with Crippen LogP contribution in [0.3, 0.4) is 0 Å². The highest BCUT2D eigenvalue weighted by Gasteiger charge is 2.27. The number of methoxy groups -OCH3 is 2. The summed E-state index contributed by atoms with van der Waals surface area (Å²) in [5.41, 5.74) is 14.3. The highest BCUT2D eigenvalue weighted by molar-refractivity contribution is 7.09. The molecule has 0 saturated carbocycles. The quantitative estimate of drug-likeness (QED) is 0.248. The molecule has 0 bridgehead atoms. The number of carbonyl (C=O) groups is 2. The Labute approximate surface area is 207 Å². The SMILES string of the molecule is COc1cc(C(=O)NCc2ccc(C(=N)N)cc2N(C)C(C(N)=O)c2nccs2)cc(OC)c1C. The van der Waals surface area contributed by atoms with Crippen LogP contribution in [-0.2, 0) is 11.3 Å². The lowest BCUT2D eigenvalue weighted by Crippen LogP contribution is -2.36. The Balaban J connectivity index is 1.93. The number of amidine groups is 1. The van der Waals surface area contributed by atoms with Crippen LogP contribution < -0.4 is 31.2 Å². The van der Waals surface area contributed by atoms with E-state index in [2.05, 4.69) is 10.3 Å². The number of amides is 2. The number of anilines is 1. The van der Waals surface area contributed by atoms with Gasteiger partial charge >= 0.3 is 0 Å². The smallest absolute Gasteiger partial charge is 0.251 e. The number of aromatic nitrogens is 1. The van der Waals surface area contributed by atoms with Crippen molar-refractivity contribution in [1.82, 2.24) is 10.3 Å². The van der Waals surface area contributed by atoms with Crippen LogP contribution in [0.15, 0.2) is 41.9 Å². The molecule has 184 valence electrons. The van der Waals surface area contributed by atoms with E-state index in [0.717, 1.165) is 5.56 Å². The molecule has 0 aliphatic heterocycles. The molecule has 11 heteroatoms. The molecule has 0 spiro atoms. The Morgan fingerprint density at radius 2 is 1.80 bits per heavy atom. The van der Waals surface area contributed by atoms with Gasteiger partial charge in [-0.15, -0.1) is 11.3 Å². The van der Waals surface area contributed by atoms with E-state index in [-0.39, 0.29) is 18.3 Å². The summed E-state index contributed by atoms with van der Waals surface area (Å²) in [6.07, 6.45) is 1.60. The van der Waals surface area contributed by atoms with Crippen LogP contribution in [0.1, 0.15) is 38.1 Å². The zero-order chi connectivity index (χ0) is 25.7. The lowest BCUT2D eigenvalue weighted by molar-refractivity contribution is -0.119. The molecule has 3 rings (SSSR count). The van der Waals surface area contributed by atoms with Crippen molar-refractivity contribution < 1.29 is 19.1 Å². The average molecular weight is 497 g/mol. The zero-order valence-corrected chi connectivity index (χ0v) is 20.7. The molecular formula is C24H28N6O4S. The summed E-state index contributed by atoms with van der Waals surface area (Å²) in [7, 11) is 4.76. The van der Waals surface area contributed by atoms with Gasteiger partial charge in [-0.2, -0.15) is 0 Å². The molecule has 6 N–H and O–H groups in total. The zero-order valence-electron chi connectivity index (χ0n) is 19.9. The molecule has 0 radical (unpaired) electrons. The molecule has 1 heterocycles. The van der Waals surface area contributed by atoms with Crippen molar-refractivity contribution in [1.29, 1.82) is 5.41 Å². The molecule has 10 nitrogen and oxygen atoms in total. The van der Waals surface area contributed by atoms with Crippen molar-refractivity contribution >= 4 is 34.7 Å². The minimum atomic E-state index is -0.836. The fourth-order valence-corrected chi connectivity index (χ4v) is 4.48. The van der Waals surface area contributed by atoms with Crippen LogP contribution in [0.5, 0.6) is 11.5 Å². The lowest BCUT2D eigenvalue weighted by Gasteiger charge is -2.29. The maximum atomic E-state index is 13.0. The van der Waals surface area contributed by atoms with E-state index < -0.39 is 11.9 Å². The predicted molar refractivity (Wildman–Crippen MR) is 135 cm³/mol. The van der Waals surface area contributed by atoms with Gasteiger partial charge in [-0.05, 0) is 30.7 Å². The molecular weight excluding hydrogens is 468 g/mol. The van der Waals surface area contributed by atoms with Crippen molar-refractivity contribution in [2.75, 3.05) is 26.2 Å². The first kappa shape index (κ1) is 25.5. The molecule has 0 saturated heterocycles. The van der Waals surface area contributed by atoms with Gasteiger partial charge in [0.15, 0.2) is 6.04 Å². The summed E-state index contributed by atoms with van der Waals surface area (Å²) < 4.78 is 10.7. The Kier molecular flexibility index (Phi) is 7.92. The van der Waals surface area contributed by atoms with Crippen LogP contribution >= 0.6 is 11.3 Å². The second-order valence-electron chi connectivity index (χ2n) is 7.73. The Bertz CT molecular complexity index is 1220. The molecule has 1 atom stereocenters. The maximum absolute atomic E-state index is 13.0. The van der Waals surface area contributed by atoms with E-state index in [1.165, 1.54) is 25.6 Å². The van der Waals surface area contributed by atoms with Gasteiger partial charge in [0.2, 0.25) is 5.91 Å². The molecule has 2 aromatic carbocycles. The molecule has 1 aromatic heterocycles. The predicted octanol–water partition coefficient (Wildman–Crippen LogP) is 2.35. The monoisotopic (exact) mass is 496 g/mol. The number of benzene rings is 2. The summed E-state index contributed by atoms with van der Waals surface area (Å²) in [5.74, 6) is 0.0302. The highest BCUT2D eigenvalue weighted by atomic mass is 32.1. The molecule has 35 heavy (non-hydrogen) atoms. The summed E-state index contributed by atoms with van der Waals surface area (Å²) in [4.78, 5) is 31.2. The third kappa shape index (κ3) is 5.52. The number of hydrogen-bond donors (Lipinski definition) is 4. The van der Waals surface area contributed by atoms with Gasteiger partial charge in [-0.1, -0.05) is 12.1 Å². The standard InChI is InChI=1S/C24H28N6O4S/c1-13-18(33-3)10-16(11-19(13)34-4)23(32)29-12-15-6-5-14(21(25)26)9-17(15)30(2)20(22(27)31)24-28-7-8-35-24/h5-11,20H,12H2,1-4H3,(H3,25,26)(H2,27,31)(H,29,32). The van der Waals surface area contributed by atoms with Crippen molar-refractivity contribution in [2.45, 2.75) is 19.5 Å². The Morgan fingerprint density at radius 3 is 2.31 bits per heavy atom. The molecule has 3 aromatic rings. The van der Waals surface area contributed by atoms with Crippen molar-refractivity contribution in [2.24, 2.45) is 11.5 Å². The number of likely N-dealkylation sites (N-methyl/N-ethyl adjacent to an activating group) is 1. The van der Waals surface area contributed by atoms with E-state index in [4.69, 9.17) is 26.4 Å². The molecule has 0 fully saturated rings. The summed E-state index contributed by atoms with van der Waals surface area (Å²) in [5, 5.41) is 13.0. The summed E-state index contributed by atoms with van der Waals surface area (Å²) in [6, 6.07) is 7.57. The number of nitrogens with two attached hydrogens (primary N) is 2. The fraction of sp³-hybridized carbons (Fsp3) is 0.250. The third-order valence-corrected chi connectivity index (χ3v) is 6.40. The molecule has 0 aliphatic rings. The van der Waals surface area contributed by atoms with E-state index in [0.29, 0.717) is 38.9 Å². The van der Waals surface area contributed by atoms with Crippen LogP contribution in [0.4, 0.5) is 5.69 Å². The minimum absolute atomic E-state index is 0.126. The highest BCUT2D eigenvalue weighted by Crippen LogP contribution is 2.32. The van der Waals surface area contributed by atoms with Crippen LogP contribution in [-0.4, -0.2) is 43.9 Å². The number of hydrogen-bond acceptors (Lipinski definition) is 8. The summed E-state index contributed by atoms with van der Waals surface area (Å²) >= 11 is 1.31. The number of nitrogen functional groups attached to an aromatic ring is 1. The van der Waals surface area contributed by atoms with Crippen LogP contribution in [0.2, 0.25) is 0 Å². The number of nitrogens with one attached hydrogen (secondary N) is 2. The lowest BCUT2D eigenvalue weighted by atomic mass is 10.0. The summed E-state index contributed by atoms with van der Waals surface area (Å²) in [6.45, 7) is 1.98. The van der Waals surface area contributed by atoms with Crippen molar-refractivity contribution in [3.8, 4) is 11.5 Å². The van der Waals surface area contributed by atoms with Gasteiger partial charge in [0.25, 0.3) is 5.91 Å². The number of thiazole rings is 1. The van der Waals surface area contributed by atoms with E-state index in [1.54, 1.807) is 53.9 Å². The second kappa shape index (κ2) is 10.9. The first-order chi connectivity index (χ1) is 16.7. The number of rotatable bonds is 10. The number of nitrogens with zero attached hydrogens (tertiary/aromatic N) is 2. The van der Waals surface area contributed by atoms with Crippen LogP contribution in [0.25, 0.3) is 0 Å². The minimum Gasteiger partial charge on any atom is -0.496 e. The van der Waals surface area contributed by atoms with Gasteiger partial charge in [0, 0.05) is 47.5 Å². The van der Waals surface area contributed by atoms with Gasteiger partial charge in [0.05, 0.1) is 14.2 Å². The number of carbonyl (C=O) groups excluding carboxylic acids is 2. The first-order valence-corrected chi connectivity index (χ1v) is 11.5. The first-order valence-electron chi connectivity index (χ1n) is 10.6. The van der Waals surface area contributed by atoms with Gasteiger partial charge in [0.1, 0.15) is 22.3 Å². The average Bonchev–Trinajstić information content (AvgIpc) is 3.36. The number of primary amides is 1. The van der Waals surface area contributed by atoms with E-state index in [9.17, 15) is 9.59 Å². The van der Waals surface area contributed by atoms with E-state index >= 15 is 0 Å². The topological polar surface area (TPSA) is 157 Å². The maximum Gasteiger partial charge on any atom is 0.251 e. The molecule has 2 amide bonds. The van der Waals surface area contributed by atoms with Gasteiger partial charge in [-0.3, -0.25) is 15.0 Å². The normalized spacial score (nSPS) is 11.4. The largest absolute Gasteiger partial charge is 0.496 e. The van der Waals surface area contributed by atoms with Gasteiger partial charge < -0.3 is 31.2 Å². The molecule has 0 aliphatic carbocycles. The van der Waals surface area contributed by atoms with Gasteiger partial charge in [-0.25, -0.2) is 4.98 Å². The third-order valence-electron chi connectivity index (χ3n) is 5.57. The molecule has 1 unspecified atom stereocenters. The Morgan fingerprint density at radius 1 is 1.14 bits per heavy atom. The van der Waals surface area contributed by atoms with Crippen molar-refractivity contribution in [3.05, 3.63) is 69.2 Å².